The lowest BCUT2D eigenvalue weighted by Crippen LogP contribution is -2.48. The maximum atomic E-state index is 12.1. The zero-order valence-corrected chi connectivity index (χ0v) is 19.3. The van der Waals surface area contributed by atoms with Crippen LogP contribution >= 0.6 is 0 Å². The molecule has 0 bridgehead atoms. The van der Waals surface area contributed by atoms with E-state index < -0.39 is 0 Å². The van der Waals surface area contributed by atoms with Gasteiger partial charge in [-0.1, -0.05) is 68.7 Å². The third kappa shape index (κ3) is 8.62. The van der Waals surface area contributed by atoms with Crippen molar-refractivity contribution in [3.05, 3.63) is 0 Å². The van der Waals surface area contributed by atoms with E-state index in [0.29, 0.717) is 29.8 Å². The molecule has 4 nitrogen and oxygen atoms in total. The van der Waals surface area contributed by atoms with Gasteiger partial charge in [0.2, 0.25) is 0 Å². The van der Waals surface area contributed by atoms with Crippen LogP contribution in [0.3, 0.4) is 0 Å². The molecule has 3 unspecified atom stereocenters. The SMILES string of the molecule is CC1C(COCC(=O)C(C)(C)C)O[C@@H](OCCCCC(C)(C)C)C(C)[C@H]1C. The van der Waals surface area contributed by atoms with Crippen LogP contribution in [0.4, 0.5) is 0 Å². The summed E-state index contributed by atoms with van der Waals surface area (Å²) in [4.78, 5) is 12.1. The van der Waals surface area contributed by atoms with Gasteiger partial charge in [-0.2, -0.15) is 0 Å². The van der Waals surface area contributed by atoms with Crippen LogP contribution in [0.25, 0.3) is 0 Å². The Kier molecular flexibility index (Phi) is 9.44. The fourth-order valence-corrected chi connectivity index (χ4v) is 3.31. The zero-order chi connectivity index (χ0) is 20.8. The fraction of sp³-hybridized carbons (Fsp3) is 0.957. The number of carbonyl (C=O) groups excluding carboxylic acids is 1. The van der Waals surface area contributed by atoms with Crippen molar-refractivity contribution in [2.45, 2.75) is 94.0 Å². The highest BCUT2D eigenvalue weighted by Gasteiger charge is 2.39. The molecule has 160 valence electrons. The first-order valence-electron chi connectivity index (χ1n) is 10.7. The molecule has 4 heteroatoms. The average Bonchev–Trinajstić information content (AvgIpc) is 2.53. The Labute approximate surface area is 167 Å². The Morgan fingerprint density at radius 2 is 1.56 bits per heavy atom. The molecule has 0 aromatic carbocycles. The highest BCUT2D eigenvalue weighted by Crippen LogP contribution is 2.35. The minimum absolute atomic E-state index is 0.0245. The van der Waals surface area contributed by atoms with Crippen LogP contribution in [0.5, 0.6) is 0 Å². The van der Waals surface area contributed by atoms with Gasteiger partial charge < -0.3 is 14.2 Å². The number of carbonyl (C=O) groups is 1. The van der Waals surface area contributed by atoms with Crippen molar-refractivity contribution in [1.82, 2.24) is 0 Å². The Hall–Kier alpha value is -0.450. The predicted octanol–water partition coefficient (Wildman–Crippen LogP) is 5.48. The van der Waals surface area contributed by atoms with Crippen LogP contribution in [0.1, 0.15) is 81.6 Å². The summed E-state index contributed by atoms with van der Waals surface area (Å²) in [6.45, 7) is 20.6. The molecule has 0 N–H and O–H groups in total. The molecule has 0 spiro atoms. The number of hydrogen-bond acceptors (Lipinski definition) is 4. The number of rotatable bonds is 9. The van der Waals surface area contributed by atoms with Gasteiger partial charge in [0.25, 0.3) is 0 Å². The Morgan fingerprint density at radius 3 is 2.11 bits per heavy atom. The normalized spacial score (nSPS) is 29.7. The van der Waals surface area contributed by atoms with Crippen molar-refractivity contribution in [3.63, 3.8) is 0 Å². The van der Waals surface area contributed by atoms with Crippen molar-refractivity contribution < 1.29 is 19.0 Å². The van der Waals surface area contributed by atoms with Crippen LogP contribution in [0.15, 0.2) is 0 Å². The number of Topliss-reactive ketones (excluding diaryl/α,β-unsaturated/α-hetero) is 1. The van der Waals surface area contributed by atoms with Crippen molar-refractivity contribution >= 4 is 5.78 Å². The summed E-state index contributed by atoms with van der Waals surface area (Å²) < 4.78 is 18.0. The smallest absolute Gasteiger partial charge is 0.163 e. The minimum atomic E-state index is -0.362. The molecule has 1 heterocycles. The van der Waals surface area contributed by atoms with Gasteiger partial charge >= 0.3 is 0 Å². The van der Waals surface area contributed by atoms with Gasteiger partial charge in [0.15, 0.2) is 12.1 Å². The summed E-state index contributed by atoms with van der Waals surface area (Å²) in [7, 11) is 0. The maximum absolute atomic E-state index is 12.1. The summed E-state index contributed by atoms with van der Waals surface area (Å²) in [5.41, 5.74) is 0.0189. The molecule has 0 aliphatic carbocycles. The summed E-state index contributed by atoms with van der Waals surface area (Å²) in [6.07, 6.45) is 3.25. The Bertz CT molecular complexity index is 446. The first-order chi connectivity index (χ1) is 12.3. The molecule has 1 aliphatic rings. The van der Waals surface area contributed by atoms with Gasteiger partial charge in [0, 0.05) is 17.9 Å². The van der Waals surface area contributed by atoms with Gasteiger partial charge in [0.1, 0.15) is 6.61 Å². The molecule has 1 fully saturated rings. The third-order valence-corrected chi connectivity index (χ3v) is 5.94. The van der Waals surface area contributed by atoms with E-state index in [0.717, 1.165) is 13.0 Å². The number of ether oxygens (including phenoxy) is 3. The second-order valence-electron chi connectivity index (χ2n) is 10.7. The van der Waals surface area contributed by atoms with Gasteiger partial charge in [-0.05, 0) is 30.1 Å². The van der Waals surface area contributed by atoms with Gasteiger partial charge in [-0.3, -0.25) is 4.79 Å². The van der Waals surface area contributed by atoms with Crippen molar-refractivity contribution in [2.24, 2.45) is 28.6 Å². The molecule has 1 rings (SSSR count). The Balaban J connectivity index is 2.45. The number of unbranched alkanes of at least 4 members (excludes halogenated alkanes) is 1. The average molecular weight is 385 g/mol. The summed E-state index contributed by atoms with van der Waals surface area (Å²) >= 11 is 0. The van der Waals surface area contributed by atoms with Crippen LogP contribution in [-0.4, -0.2) is 38.0 Å². The van der Waals surface area contributed by atoms with Crippen LogP contribution < -0.4 is 0 Å². The van der Waals surface area contributed by atoms with Gasteiger partial charge in [-0.15, -0.1) is 0 Å². The first kappa shape index (κ1) is 24.6. The van der Waals surface area contributed by atoms with E-state index in [9.17, 15) is 4.79 Å². The monoisotopic (exact) mass is 384 g/mol. The molecule has 0 saturated carbocycles. The largest absolute Gasteiger partial charge is 0.371 e. The zero-order valence-electron chi connectivity index (χ0n) is 19.3. The lowest BCUT2D eigenvalue weighted by atomic mass is 9.79. The van der Waals surface area contributed by atoms with Gasteiger partial charge in [-0.25, -0.2) is 0 Å². The quantitative estimate of drug-likeness (QED) is 0.493. The number of ketones is 1. The fourth-order valence-electron chi connectivity index (χ4n) is 3.31. The standard InChI is InChI=1S/C23H44O4/c1-16-17(2)19(14-25-15-20(24)23(7,8)9)27-21(18(16)3)26-13-11-10-12-22(4,5)6/h16-19,21H,10-15H2,1-9H3/t16-,17?,18?,19?,21+/m0/s1. The second kappa shape index (κ2) is 10.4. The van der Waals surface area contributed by atoms with Crippen molar-refractivity contribution in [2.75, 3.05) is 19.8 Å². The van der Waals surface area contributed by atoms with E-state index in [-0.39, 0.29) is 30.2 Å². The van der Waals surface area contributed by atoms with Crippen LogP contribution in [-0.2, 0) is 19.0 Å². The maximum Gasteiger partial charge on any atom is 0.163 e. The molecular weight excluding hydrogens is 340 g/mol. The van der Waals surface area contributed by atoms with Crippen molar-refractivity contribution in [1.29, 1.82) is 0 Å². The van der Waals surface area contributed by atoms with E-state index >= 15 is 0 Å². The molecule has 5 atom stereocenters. The Morgan fingerprint density at radius 1 is 0.926 bits per heavy atom. The lowest BCUT2D eigenvalue weighted by Gasteiger charge is -2.43. The third-order valence-electron chi connectivity index (χ3n) is 5.94. The van der Waals surface area contributed by atoms with Crippen LogP contribution in [0.2, 0.25) is 0 Å². The summed E-state index contributed by atoms with van der Waals surface area (Å²) in [6, 6.07) is 0. The summed E-state index contributed by atoms with van der Waals surface area (Å²) in [5.74, 6) is 1.35. The molecule has 0 amide bonds. The van der Waals surface area contributed by atoms with E-state index in [2.05, 4.69) is 41.5 Å². The van der Waals surface area contributed by atoms with E-state index in [1.54, 1.807) is 0 Å². The van der Waals surface area contributed by atoms with E-state index in [1.807, 2.05) is 20.8 Å². The predicted molar refractivity (Wildman–Crippen MR) is 111 cm³/mol. The molecule has 27 heavy (non-hydrogen) atoms. The van der Waals surface area contributed by atoms with Crippen LogP contribution in [0, 0.1) is 28.6 Å². The minimum Gasteiger partial charge on any atom is -0.371 e. The number of hydrogen-bond donors (Lipinski definition) is 0. The molecule has 0 aromatic rings. The van der Waals surface area contributed by atoms with E-state index in [4.69, 9.17) is 14.2 Å². The lowest BCUT2D eigenvalue weighted by molar-refractivity contribution is -0.256. The highest BCUT2D eigenvalue weighted by molar-refractivity contribution is 5.84. The van der Waals surface area contributed by atoms with E-state index in [1.165, 1.54) is 12.8 Å². The molecule has 0 aromatic heterocycles. The van der Waals surface area contributed by atoms with Crippen molar-refractivity contribution in [3.8, 4) is 0 Å². The first-order valence-corrected chi connectivity index (χ1v) is 10.7. The molecule has 1 aliphatic heterocycles. The molecule has 1 saturated heterocycles. The summed E-state index contributed by atoms with van der Waals surface area (Å²) in [5, 5.41) is 0. The van der Waals surface area contributed by atoms with Gasteiger partial charge in [0.05, 0.1) is 12.7 Å². The second-order valence-corrected chi connectivity index (χ2v) is 10.7. The topological polar surface area (TPSA) is 44.8 Å². The highest BCUT2D eigenvalue weighted by atomic mass is 16.7. The molecular formula is C23H44O4. The molecule has 0 radical (unpaired) electrons.